The lowest BCUT2D eigenvalue weighted by Crippen LogP contribution is -2.49. The van der Waals surface area contributed by atoms with Gasteiger partial charge in [-0.15, -0.1) is 5.10 Å². The summed E-state index contributed by atoms with van der Waals surface area (Å²) < 4.78 is 12.1. The Morgan fingerprint density at radius 1 is 0.977 bits per heavy atom. The Balaban J connectivity index is 1.60. The second kappa shape index (κ2) is 13.5. The molecule has 224 valence electrons. The Hall–Kier alpha value is -4.73. The van der Waals surface area contributed by atoms with Gasteiger partial charge >= 0.3 is 5.97 Å². The zero-order valence-electron chi connectivity index (χ0n) is 24.7. The molecule has 0 bridgehead atoms. The van der Waals surface area contributed by atoms with Gasteiger partial charge in [-0.05, 0) is 80.8 Å². The quantitative estimate of drug-likeness (QED) is 0.249. The molecule has 10 heteroatoms. The van der Waals surface area contributed by atoms with Crippen LogP contribution in [-0.4, -0.2) is 52.5 Å². The first-order chi connectivity index (χ1) is 20.9. The van der Waals surface area contributed by atoms with Crippen LogP contribution in [-0.2, 0) is 14.3 Å². The fourth-order valence-electron chi connectivity index (χ4n) is 5.59. The molecule has 3 aromatic carbocycles. The van der Waals surface area contributed by atoms with Crippen LogP contribution in [0, 0.1) is 0 Å². The summed E-state index contributed by atoms with van der Waals surface area (Å²) in [5.74, 6) is -0.472. The van der Waals surface area contributed by atoms with Crippen molar-refractivity contribution in [2.75, 3.05) is 18.6 Å². The van der Waals surface area contributed by atoms with Gasteiger partial charge in [0.2, 0.25) is 5.91 Å². The highest BCUT2D eigenvalue weighted by atomic mass is 16.5. The van der Waals surface area contributed by atoms with Crippen LogP contribution in [0.25, 0.3) is 11.0 Å². The van der Waals surface area contributed by atoms with E-state index in [2.05, 4.69) is 15.6 Å². The smallest absolute Gasteiger partial charge is 0.338 e. The Kier molecular flexibility index (Phi) is 9.34. The van der Waals surface area contributed by atoms with Gasteiger partial charge in [0.15, 0.2) is 0 Å². The SMILES string of the molecule is CCOC(=O)c1ccc(N(C(=O)[C@@H](C)n2nnc3ccccc32)[C@H](C(=O)NC2CCCCC2)c2ccc(OC)cc2)cc1. The number of rotatable bonds is 10. The molecular formula is C33H37N5O5. The maximum Gasteiger partial charge on any atom is 0.338 e. The Morgan fingerprint density at radius 2 is 1.67 bits per heavy atom. The van der Waals surface area contributed by atoms with Crippen molar-refractivity contribution in [2.24, 2.45) is 0 Å². The number of hydrogen-bond donors (Lipinski definition) is 1. The van der Waals surface area contributed by atoms with Gasteiger partial charge in [0, 0.05) is 11.7 Å². The molecule has 1 aliphatic rings. The Labute approximate surface area is 251 Å². The largest absolute Gasteiger partial charge is 0.497 e. The van der Waals surface area contributed by atoms with Crippen LogP contribution in [0.3, 0.4) is 0 Å². The molecule has 1 heterocycles. The number of nitrogens with one attached hydrogen (secondary N) is 1. The average Bonchev–Trinajstić information content (AvgIpc) is 3.48. The van der Waals surface area contributed by atoms with Gasteiger partial charge in [0.25, 0.3) is 5.91 Å². The Morgan fingerprint density at radius 3 is 2.35 bits per heavy atom. The van der Waals surface area contributed by atoms with E-state index >= 15 is 0 Å². The molecule has 1 aliphatic carbocycles. The van der Waals surface area contributed by atoms with Gasteiger partial charge in [-0.25, -0.2) is 9.48 Å². The van der Waals surface area contributed by atoms with Gasteiger partial charge in [-0.2, -0.15) is 0 Å². The number of methoxy groups -OCH3 is 1. The van der Waals surface area contributed by atoms with Crippen LogP contribution < -0.4 is 15.0 Å². The first kappa shape index (κ1) is 29.8. The highest BCUT2D eigenvalue weighted by molar-refractivity contribution is 6.03. The number of anilines is 1. The summed E-state index contributed by atoms with van der Waals surface area (Å²) in [6, 6.07) is 19.3. The lowest BCUT2D eigenvalue weighted by Gasteiger charge is -2.35. The van der Waals surface area contributed by atoms with Gasteiger partial charge in [-0.1, -0.05) is 48.7 Å². The van der Waals surface area contributed by atoms with E-state index in [4.69, 9.17) is 9.47 Å². The van der Waals surface area contributed by atoms with Crippen molar-refractivity contribution in [2.45, 2.75) is 64.1 Å². The fourth-order valence-corrected chi connectivity index (χ4v) is 5.59. The van der Waals surface area contributed by atoms with Crippen LogP contribution in [0.4, 0.5) is 5.69 Å². The number of amides is 2. The molecule has 1 aromatic heterocycles. The van der Waals surface area contributed by atoms with Crippen molar-refractivity contribution in [3.05, 3.63) is 83.9 Å². The standard InChI is InChI=1S/C33H37N5O5/c1-4-43-33(41)24-14-18-26(19-15-24)37(32(40)22(2)38-29-13-9-8-12-28(29)35-36-38)30(23-16-20-27(42-3)21-17-23)31(39)34-25-10-6-5-7-11-25/h8-9,12-22,25,30H,4-7,10-11H2,1-3H3,(H,34,39)/t22-,30+/m1/s1. The zero-order chi connectivity index (χ0) is 30.3. The summed E-state index contributed by atoms with van der Waals surface area (Å²) in [4.78, 5) is 42.7. The number of nitrogens with zero attached hydrogens (tertiary/aromatic N) is 4. The highest BCUT2D eigenvalue weighted by Gasteiger charge is 2.37. The summed E-state index contributed by atoms with van der Waals surface area (Å²) in [5, 5.41) is 11.7. The maximum absolute atomic E-state index is 14.6. The van der Waals surface area contributed by atoms with E-state index in [0.717, 1.165) is 32.1 Å². The molecule has 4 aromatic rings. The summed E-state index contributed by atoms with van der Waals surface area (Å²) in [5.41, 5.74) is 2.78. The minimum absolute atomic E-state index is 0.0295. The van der Waals surface area contributed by atoms with E-state index in [0.29, 0.717) is 33.6 Å². The van der Waals surface area contributed by atoms with E-state index in [1.807, 2.05) is 24.3 Å². The molecule has 43 heavy (non-hydrogen) atoms. The van der Waals surface area contributed by atoms with Crippen molar-refractivity contribution in [3.8, 4) is 5.75 Å². The average molecular weight is 584 g/mol. The number of esters is 1. The predicted octanol–water partition coefficient (Wildman–Crippen LogP) is 5.40. The number of para-hydroxylation sites is 1. The summed E-state index contributed by atoms with van der Waals surface area (Å²) in [6.07, 6.45) is 5.03. The van der Waals surface area contributed by atoms with Crippen molar-refractivity contribution in [3.63, 3.8) is 0 Å². The van der Waals surface area contributed by atoms with Crippen LogP contribution in [0.2, 0.25) is 0 Å². The lowest BCUT2D eigenvalue weighted by atomic mass is 9.94. The number of hydrogen-bond acceptors (Lipinski definition) is 7. The molecule has 0 aliphatic heterocycles. The molecule has 1 N–H and O–H groups in total. The molecule has 1 saturated carbocycles. The van der Waals surface area contributed by atoms with Crippen LogP contribution >= 0.6 is 0 Å². The maximum atomic E-state index is 14.6. The second-order valence-electron chi connectivity index (χ2n) is 10.7. The van der Waals surface area contributed by atoms with E-state index in [-0.39, 0.29) is 24.5 Å². The van der Waals surface area contributed by atoms with Gasteiger partial charge < -0.3 is 14.8 Å². The van der Waals surface area contributed by atoms with Crippen molar-refractivity contribution in [1.29, 1.82) is 0 Å². The monoisotopic (exact) mass is 583 g/mol. The molecule has 1 fully saturated rings. The summed E-state index contributed by atoms with van der Waals surface area (Å²) in [7, 11) is 1.58. The van der Waals surface area contributed by atoms with Gasteiger partial charge in [0.05, 0.1) is 24.8 Å². The zero-order valence-corrected chi connectivity index (χ0v) is 24.7. The number of carbonyl (C=O) groups is 3. The van der Waals surface area contributed by atoms with Crippen LogP contribution in [0.1, 0.15) is 74.0 Å². The number of fused-ring (bicyclic) bond motifs is 1. The predicted molar refractivity (Wildman–Crippen MR) is 163 cm³/mol. The minimum atomic E-state index is -1.01. The molecule has 2 amide bonds. The Bertz CT molecular complexity index is 1560. The van der Waals surface area contributed by atoms with Crippen LogP contribution in [0.5, 0.6) is 5.75 Å². The third-order valence-corrected chi connectivity index (χ3v) is 7.89. The van der Waals surface area contributed by atoms with E-state index in [1.54, 1.807) is 74.2 Å². The van der Waals surface area contributed by atoms with Crippen LogP contribution in [0.15, 0.2) is 72.8 Å². The first-order valence-corrected chi connectivity index (χ1v) is 14.8. The third kappa shape index (κ3) is 6.53. The van der Waals surface area contributed by atoms with E-state index < -0.39 is 18.1 Å². The minimum Gasteiger partial charge on any atom is -0.497 e. The topological polar surface area (TPSA) is 116 Å². The first-order valence-electron chi connectivity index (χ1n) is 14.8. The molecule has 0 spiro atoms. The highest BCUT2D eigenvalue weighted by Crippen LogP contribution is 2.33. The third-order valence-electron chi connectivity index (χ3n) is 7.89. The van der Waals surface area contributed by atoms with Gasteiger partial charge in [-0.3, -0.25) is 14.5 Å². The molecule has 0 saturated heterocycles. The number of aromatic nitrogens is 3. The lowest BCUT2D eigenvalue weighted by molar-refractivity contribution is -0.128. The fraction of sp³-hybridized carbons (Fsp3) is 0.364. The summed E-state index contributed by atoms with van der Waals surface area (Å²) in [6.45, 7) is 3.73. The van der Waals surface area contributed by atoms with Crippen molar-refractivity contribution >= 4 is 34.5 Å². The molecule has 0 radical (unpaired) electrons. The molecule has 0 unspecified atom stereocenters. The molecule has 10 nitrogen and oxygen atoms in total. The van der Waals surface area contributed by atoms with Gasteiger partial charge in [0.1, 0.15) is 23.3 Å². The number of carbonyl (C=O) groups excluding carboxylic acids is 3. The van der Waals surface area contributed by atoms with E-state index in [1.165, 1.54) is 4.90 Å². The number of ether oxygens (including phenoxy) is 2. The summed E-state index contributed by atoms with van der Waals surface area (Å²) >= 11 is 0. The van der Waals surface area contributed by atoms with Crippen molar-refractivity contribution < 1.29 is 23.9 Å². The molecule has 2 atom stereocenters. The molecular weight excluding hydrogens is 546 g/mol. The molecule has 5 rings (SSSR count). The van der Waals surface area contributed by atoms with Crippen molar-refractivity contribution in [1.82, 2.24) is 20.3 Å². The normalized spacial score (nSPS) is 15.0. The van der Waals surface area contributed by atoms with E-state index in [9.17, 15) is 14.4 Å². The second-order valence-corrected chi connectivity index (χ2v) is 10.7. The number of benzene rings is 3.